The normalized spacial score (nSPS) is 20.7. The van der Waals surface area contributed by atoms with Crippen LogP contribution in [-0.2, 0) is 10.0 Å². The lowest BCUT2D eigenvalue weighted by atomic mass is 10.3. The van der Waals surface area contributed by atoms with Gasteiger partial charge in [-0.15, -0.1) is 0 Å². The molecule has 0 saturated carbocycles. The van der Waals surface area contributed by atoms with Gasteiger partial charge < -0.3 is 10.4 Å². The first-order valence-corrected chi connectivity index (χ1v) is 7.06. The molecule has 0 unspecified atom stereocenters. The third-order valence-electron chi connectivity index (χ3n) is 2.33. The average molecular weight is 290 g/mol. The number of halogens is 1. The van der Waals surface area contributed by atoms with E-state index >= 15 is 0 Å². The van der Waals surface area contributed by atoms with Crippen LogP contribution in [0.25, 0.3) is 0 Å². The van der Waals surface area contributed by atoms with Crippen LogP contribution >= 0.6 is 11.6 Å². The highest BCUT2D eigenvalue weighted by atomic mass is 35.5. The van der Waals surface area contributed by atoms with Gasteiger partial charge in [-0.05, 0) is 25.1 Å². The highest BCUT2D eigenvalue weighted by Gasteiger charge is 2.26. The van der Waals surface area contributed by atoms with Gasteiger partial charge in [-0.25, -0.2) is 18.1 Å². The van der Waals surface area contributed by atoms with Crippen molar-refractivity contribution >= 4 is 33.3 Å². The maximum atomic E-state index is 11.9. The van der Waals surface area contributed by atoms with Gasteiger partial charge in [0.2, 0.25) is 5.96 Å². The fraction of sp³-hybridized carbons (Fsp3) is 0.300. The van der Waals surface area contributed by atoms with Gasteiger partial charge in [0.05, 0.1) is 18.3 Å². The molecular weight excluding hydrogens is 278 g/mol. The van der Waals surface area contributed by atoms with Crippen molar-refractivity contribution in [1.29, 1.82) is 0 Å². The topological polar surface area (TPSA) is 90.8 Å². The number of aliphatic imine (C=N–C) groups is 1. The summed E-state index contributed by atoms with van der Waals surface area (Å²) in [5.74, 6) is 0.0753. The van der Waals surface area contributed by atoms with Crippen molar-refractivity contribution in [2.24, 2.45) is 4.99 Å². The first kappa shape index (κ1) is 13.1. The lowest BCUT2D eigenvalue weighted by molar-refractivity contribution is 0.274. The van der Waals surface area contributed by atoms with E-state index < -0.39 is 16.1 Å². The molecule has 1 heterocycles. The number of nitrogens with zero attached hydrogens (tertiary/aromatic N) is 1. The number of guanidine groups is 1. The molecule has 0 bridgehead atoms. The number of sulfonamides is 1. The monoisotopic (exact) mass is 289 g/mol. The Morgan fingerprint density at radius 3 is 2.89 bits per heavy atom. The summed E-state index contributed by atoms with van der Waals surface area (Å²) in [4.78, 5) is 4.11. The molecule has 0 aromatic heterocycles. The van der Waals surface area contributed by atoms with Gasteiger partial charge in [0.1, 0.15) is 4.90 Å². The van der Waals surface area contributed by atoms with E-state index in [0.717, 1.165) is 0 Å². The van der Waals surface area contributed by atoms with Crippen LogP contribution in [0.1, 0.15) is 6.92 Å². The second kappa shape index (κ2) is 4.75. The number of fused-ring (bicyclic) bond motifs is 1. The number of hydrogen-bond acceptors (Lipinski definition) is 4. The zero-order valence-corrected chi connectivity index (χ0v) is 11.1. The first-order chi connectivity index (χ1) is 8.42. The van der Waals surface area contributed by atoms with Gasteiger partial charge in [0.25, 0.3) is 10.0 Å². The predicted molar refractivity (Wildman–Crippen MR) is 69.4 cm³/mol. The summed E-state index contributed by atoms with van der Waals surface area (Å²) >= 11 is 5.82. The third-order valence-corrected chi connectivity index (χ3v) is 3.96. The van der Waals surface area contributed by atoms with Crippen LogP contribution in [0.2, 0.25) is 5.02 Å². The zero-order chi connectivity index (χ0) is 13.3. The standard InChI is InChI=1S/C10H12ClN3O3S/c1-6(5-15)12-10-13-8-4-7(11)2-3-9(8)18(16,17)14-10/h2-4,6,15H,5H2,1H3,(H2,12,13,14)/t6-/m1/s1. The van der Waals surface area contributed by atoms with E-state index in [9.17, 15) is 8.42 Å². The Hall–Kier alpha value is -1.31. The minimum absolute atomic E-state index is 0.0753. The van der Waals surface area contributed by atoms with E-state index in [4.69, 9.17) is 16.7 Å². The minimum atomic E-state index is -3.65. The lowest BCUT2D eigenvalue weighted by Crippen LogP contribution is -2.41. The summed E-state index contributed by atoms with van der Waals surface area (Å²) in [6, 6.07) is 4.02. The molecule has 0 radical (unpaired) electrons. The average Bonchev–Trinajstić information content (AvgIpc) is 2.26. The number of benzene rings is 1. The summed E-state index contributed by atoms with van der Waals surface area (Å²) in [5, 5.41) is 12.1. The molecule has 1 aromatic carbocycles. The lowest BCUT2D eigenvalue weighted by Gasteiger charge is -2.22. The van der Waals surface area contributed by atoms with Gasteiger partial charge in [-0.1, -0.05) is 11.6 Å². The number of hydrogen-bond donors (Lipinski definition) is 3. The summed E-state index contributed by atoms with van der Waals surface area (Å²) in [7, 11) is -3.65. The van der Waals surface area contributed by atoms with Gasteiger partial charge in [0.15, 0.2) is 0 Å². The third kappa shape index (κ3) is 2.58. The molecule has 0 amide bonds. The van der Waals surface area contributed by atoms with Crippen LogP contribution in [0, 0.1) is 0 Å². The number of rotatable bonds is 2. The van der Waals surface area contributed by atoms with Crippen molar-refractivity contribution < 1.29 is 13.5 Å². The van der Waals surface area contributed by atoms with Crippen LogP contribution in [0.15, 0.2) is 28.1 Å². The van der Waals surface area contributed by atoms with Crippen molar-refractivity contribution in [3.63, 3.8) is 0 Å². The van der Waals surface area contributed by atoms with E-state index in [1.165, 1.54) is 18.2 Å². The second-order valence-electron chi connectivity index (χ2n) is 3.88. The van der Waals surface area contributed by atoms with Crippen LogP contribution in [0.5, 0.6) is 0 Å². The minimum Gasteiger partial charge on any atom is -0.394 e. The van der Waals surface area contributed by atoms with Gasteiger partial charge in [0, 0.05) is 5.02 Å². The van der Waals surface area contributed by atoms with Gasteiger partial charge in [-0.2, -0.15) is 0 Å². The molecule has 1 aromatic rings. The van der Waals surface area contributed by atoms with Crippen molar-refractivity contribution in [3.05, 3.63) is 23.2 Å². The fourth-order valence-electron chi connectivity index (χ4n) is 1.49. The van der Waals surface area contributed by atoms with Crippen molar-refractivity contribution in [2.45, 2.75) is 17.9 Å². The Bertz CT molecular complexity index is 600. The highest BCUT2D eigenvalue weighted by Crippen LogP contribution is 2.27. The number of aliphatic hydroxyl groups is 1. The van der Waals surface area contributed by atoms with E-state index in [1.54, 1.807) is 6.92 Å². The van der Waals surface area contributed by atoms with Crippen molar-refractivity contribution in [3.8, 4) is 0 Å². The molecule has 0 spiro atoms. The Balaban J connectivity index is 2.46. The molecular formula is C10H12ClN3O3S. The molecule has 0 aliphatic carbocycles. The van der Waals surface area contributed by atoms with Gasteiger partial charge >= 0.3 is 0 Å². The van der Waals surface area contributed by atoms with Crippen molar-refractivity contribution in [2.75, 3.05) is 11.9 Å². The maximum Gasteiger partial charge on any atom is 0.266 e. The van der Waals surface area contributed by atoms with E-state index in [-0.39, 0.29) is 17.5 Å². The molecule has 8 heteroatoms. The summed E-state index contributed by atoms with van der Waals surface area (Å²) in [6.07, 6.45) is 0. The Morgan fingerprint density at radius 2 is 2.22 bits per heavy atom. The quantitative estimate of drug-likeness (QED) is 0.750. The van der Waals surface area contributed by atoms with E-state index in [2.05, 4.69) is 15.0 Å². The molecule has 2 rings (SSSR count). The smallest absolute Gasteiger partial charge is 0.266 e. The molecule has 6 nitrogen and oxygen atoms in total. The number of nitrogens with one attached hydrogen (secondary N) is 2. The number of aliphatic hydroxyl groups excluding tert-OH is 1. The first-order valence-electron chi connectivity index (χ1n) is 5.20. The van der Waals surface area contributed by atoms with Crippen LogP contribution < -0.4 is 10.0 Å². The summed E-state index contributed by atoms with van der Waals surface area (Å²) in [6.45, 7) is 1.49. The Kier molecular flexibility index (Phi) is 3.47. The van der Waals surface area contributed by atoms with Crippen LogP contribution in [0.3, 0.4) is 0 Å². The Morgan fingerprint density at radius 1 is 1.50 bits per heavy atom. The number of anilines is 1. The molecule has 0 fully saturated rings. The van der Waals surface area contributed by atoms with Crippen LogP contribution in [0.4, 0.5) is 5.69 Å². The maximum absolute atomic E-state index is 11.9. The Labute approximate surface area is 110 Å². The molecule has 98 valence electrons. The van der Waals surface area contributed by atoms with E-state index in [0.29, 0.717) is 10.7 Å². The van der Waals surface area contributed by atoms with E-state index in [1.807, 2.05) is 0 Å². The van der Waals surface area contributed by atoms with Crippen LogP contribution in [-0.4, -0.2) is 32.1 Å². The molecule has 0 saturated heterocycles. The fourth-order valence-corrected chi connectivity index (χ4v) is 2.78. The molecule has 3 N–H and O–H groups in total. The predicted octanol–water partition coefficient (Wildman–Crippen LogP) is 0.781. The summed E-state index contributed by atoms with van der Waals surface area (Å²) in [5.41, 5.74) is 0.366. The second-order valence-corrected chi connectivity index (χ2v) is 5.97. The molecule has 1 aliphatic heterocycles. The largest absolute Gasteiger partial charge is 0.394 e. The van der Waals surface area contributed by atoms with Gasteiger partial charge in [-0.3, -0.25) is 0 Å². The molecule has 1 aliphatic rings. The molecule has 18 heavy (non-hydrogen) atoms. The zero-order valence-electron chi connectivity index (χ0n) is 9.51. The SMILES string of the molecule is C[C@H](CO)N=C1Nc2cc(Cl)ccc2S(=O)(=O)N1. The highest BCUT2D eigenvalue weighted by molar-refractivity contribution is 7.90. The van der Waals surface area contributed by atoms with Crippen molar-refractivity contribution in [1.82, 2.24) is 4.72 Å². The molecule has 1 atom stereocenters. The summed E-state index contributed by atoms with van der Waals surface area (Å²) < 4.78 is 26.1.